The van der Waals surface area contributed by atoms with Gasteiger partial charge in [0, 0.05) is 35.3 Å². The zero-order valence-corrected chi connectivity index (χ0v) is 12.0. The number of fused-ring (bicyclic) bond motifs is 2. The maximum atomic E-state index is 11.9. The largest absolute Gasteiger partial charge is 0.361 e. The molecule has 5 heteroatoms. The van der Waals surface area contributed by atoms with Gasteiger partial charge in [0.05, 0.1) is 17.2 Å². The zero-order chi connectivity index (χ0) is 14.4. The second kappa shape index (κ2) is 4.56. The molecule has 1 aliphatic rings. The summed E-state index contributed by atoms with van der Waals surface area (Å²) >= 11 is 5.46. The molecule has 4 rings (SSSR count). The fourth-order valence-electron chi connectivity index (χ4n) is 2.91. The van der Waals surface area contributed by atoms with E-state index in [1.165, 1.54) is 10.9 Å². The zero-order valence-electron chi connectivity index (χ0n) is 11.2. The van der Waals surface area contributed by atoms with E-state index in [9.17, 15) is 4.79 Å². The van der Waals surface area contributed by atoms with Gasteiger partial charge in [0.25, 0.3) is 5.56 Å². The second-order valence-corrected chi connectivity index (χ2v) is 5.66. The lowest BCUT2D eigenvalue weighted by Crippen LogP contribution is -2.24. The molecule has 0 spiro atoms. The highest BCUT2D eigenvalue weighted by atomic mass is 32.1. The summed E-state index contributed by atoms with van der Waals surface area (Å²) in [6, 6.07) is 10.1. The summed E-state index contributed by atoms with van der Waals surface area (Å²) in [4.78, 5) is 20.7. The van der Waals surface area contributed by atoms with Crippen LogP contribution in [0.2, 0.25) is 0 Å². The van der Waals surface area contributed by atoms with Crippen LogP contribution in [-0.2, 0) is 13.0 Å². The number of aromatic amines is 2. The third kappa shape index (κ3) is 1.89. The summed E-state index contributed by atoms with van der Waals surface area (Å²) in [5.41, 5.74) is 3.94. The van der Waals surface area contributed by atoms with Crippen molar-refractivity contribution >= 4 is 33.8 Å². The van der Waals surface area contributed by atoms with Crippen LogP contribution < -0.4 is 10.5 Å². The van der Waals surface area contributed by atoms with Crippen molar-refractivity contribution in [2.75, 3.05) is 4.90 Å². The molecule has 0 bridgehead atoms. The van der Waals surface area contributed by atoms with Gasteiger partial charge in [0.1, 0.15) is 0 Å². The van der Waals surface area contributed by atoms with E-state index in [1.807, 2.05) is 24.4 Å². The van der Waals surface area contributed by atoms with Crippen molar-refractivity contribution < 1.29 is 0 Å². The lowest BCUT2D eigenvalue weighted by atomic mass is 10.1. The molecule has 0 aliphatic carbocycles. The molecule has 0 saturated carbocycles. The number of pyridine rings is 1. The fourth-order valence-corrected chi connectivity index (χ4v) is 3.22. The van der Waals surface area contributed by atoms with Crippen molar-refractivity contribution in [1.82, 2.24) is 9.97 Å². The van der Waals surface area contributed by atoms with Crippen molar-refractivity contribution in [1.29, 1.82) is 0 Å². The first-order valence-electron chi connectivity index (χ1n) is 6.80. The van der Waals surface area contributed by atoms with E-state index < -0.39 is 0 Å². The monoisotopic (exact) mass is 295 g/mol. The first-order valence-corrected chi connectivity index (χ1v) is 7.21. The van der Waals surface area contributed by atoms with Crippen LogP contribution in [0.5, 0.6) is 0 Å². The van der Waals surface area contributed by atoms with E-state index in [0.717, 1.165) is 21.8 Å². The summed E-state index contributed by atoms with van der Waals surface area (Å²) in [6.45, 7) is 0.680. The number of para-hydroxylation sites is 1. The fraction of sp³-hybridized carbons (Fsp3) is 0.125. The number of aromatic nitrogens is 2. The molecule has 0 atom stereocenters. The number of nitrogens with one attached hydrogen (secondary N) is 2. The molecule has 2 aromatic heterocycles. The van der Waals surface area contributed by atoms with Crippen LogP contribution in [0.25, 0.3) is 10.9 Å². The van der Waals surface area contributed by atoms with Gasteiger partial charge >= 0.3 is 0 Å². The van der Waals surface area contributed by atoms with Crippen molar-refractivity contribution in [3.8, 4) is 0 Å². The van der Waals surface area contributed by atoms with E-state index >= 15 is 0 Å². The molecule has 0 radical (unpaired) electrons. The van der Waals surface area contributed by atoms with Gasteiger partial charge in [-0.3, -0.25) is 4.79 Å². The highest BCUT2D eigenvalue weighted by molar-refractivity contribution is 7.80. The number of H-pyrrole nitrogens is 2. The third-order valence-corrected chi connectivity index (χ3v) is 4.33. The first kappa shape index (κ1) is 12.3. The Balaban J connectivity index is 1.77. The van der Waals surface area contributed by atoms with Gasteiger partial charge < -0.3 is 14.9 Å². The average Bonchev–Trinajstić information content (AvgIpc) is 3.04. The van der Waals surface area contributed by atoms with E-state index in [2.05, 4.69) is 27.0 Å². The molecule has 3 aromatic rings. The average molecular weight is 295 g/mol. The summed E-state index contributed by atoms with van der Waals surface area (Å²) in [7, 11) is 0. The van der Waals surface area contributed by atoms with Gasteiger partial charge in [-0.15, -0.1) is 0 Å². The lowest BCUT2D eigenvalue weighted by Gasteiger charge is -2.19. The van der Waals surface area contributed by atoms with Crippen molar-refractivity contribution in [3.63, 3.8) is 0 Å². The summed E-state index contributed by atoms with van der Waals surface area (Å²) in [5.74, 6) is 0. The molecule has 1 aliphatic heterocycles. The van der Waals surface area contributed by atoms with Crippen molar-refractivity contribution in [2.45, 2.75) is 13.0 Å². The van der Waals surface area contributed by atoms with Crippen LogP contribution in [0.15, 0.2) is 47.5 Å². The van der Waals surface area contributed by atoms with Gasteiger partial charge in [0.2, 0.25) is 0 Å². The number of nitrogens with zero attached hydrogens (tertiary/aromatic N) is 1. The molecule has 21 heavy (non-hydrogen) atoms. The molecule has 0 amide bonds. The van der Waals surface area contributed by atoms with E-state index in [4.69, 9.17) is 12.2 Å². The van der Waals surface area contributed by atoms with Gasteiger partial charge in [-0.1, -0.05) is 30.4 Å². The molecule has 104 valence electrons. The van der Waals surface area contributed by atoms with Gasteiger partial charge in [0.15, 0.2) is 0 Å². The van der Waals surface area contributed by atoms with Gasteiger partial charge in [-0.2, -0.15) is 0 Å². The van der Waals surface area contributed by atoms with Crippen LogP contribution in [0, 0.1) is 0 Å². The second-order valence-electron chi connectivity index (χ2n) is 5.19. The van der Waals surface area contributed by atoms with Crippen molar-refractivity contribution in [2.24, 2.45) is 0 Å². The maximum Gasteiger partial charge on any atom is 0.253 e. The molecule has 0 unspecified atom stereocenters. The Kier molecular flexibility index (Phi) is 2.68. The Morgan fingerprint density at radius 1 is 1.19 bits per heavy atom. The minimum atomic E-state index is -0.0451. The normalized spacial score (nSPS) is 13.9. The highest BCUT2D eigenvalue weighted by Gasteiger charge is 2.26. The molecule has 1 aromatic carbocycles. The first-order chi connectivity index (χ1) is 10.2. The molecule has 4 nitrogen and oxygen atoms in total. The van der Waals surface area contributed by atoms with Gasteiger partial charge in [-0.05, 0) is 17.7 Å². The van der Waals surface area contributed by atoms with Crippen LogP contribution in [0.1, 0.15) is 11.1 Å². The molecule has 3 heterocycles. The SMILES string of the molecule is O=c1[nH]ccc2c1CC(=S)N2Cc1c[nH]c2ccccc12. The molecule has 0 fully saturated rings. The van der Waals surface area contributed by atoms with Gasteiger partial charge in [-0.25, -0.2) is 0 Å². The number of benzene rings is 1. The van der Waals surface area contributed by atoms with E-state index in [1.54, 1.807) is 6.20 Å². The Morgan fingerprint density at radius 3 is 2.95 bits per heavy atom. The third-order valence-electron chi connectivity index (χ3n) is 3.96. The van der Waals surface area contributed by atoms with E-state index in [0.29, 0.717) is 13.0 Å². The topological polar surface area (TPSA) is 51.9 Å². The molecule has 2 N–H and O–H groups in total. The minimum Gasteiger partial charge on any atom is -0.361 e. The Hall–Kier alpha value is -2.40. The quantitative estimate of drug-likeness (QED) is 0.715. The van der Waals surface area contributed by atoms with Crippen molar-refractivity contribution in [3.05, 3.63) is 64.2 Å². The molecular formula is C16H13N3OS. The van der Waals surface area contributed by atoms with Crippen LogP contribution >= 0.6 is 12.2 Å². The number of rotatable bonds is 2. The van der Waals surface area contributed by atoms with Crippen LogP contribution in [0.3, 0.4) is 0 Å². The summed E-state index contributed by atoms with van der Waals surface area (Å²) in [5, 5.41) is 1.19. The van der Waals surface area contributed by atoms with E-state index in [-0.39, 0.29) is 5.56 Å². The Morgan fingerprint density at radius 2 is 2.05 bits per heavy atom. The number of hydrogen-bond acceptors (Lipinski definition) is 2. The number of thiocarbonyl (C=S) groups is 1. The number of hydrogen-bond donors (Lipinski definition) is 2. The Bertz CT molecular complexity index is 909. The number of anilines is 1. The summed E-state index contributed by atoms with van der Waals surface area (Å²) < 4.78 is 0. The minimum absolute atomic E-state index is 0.0451. The predicted molar refractivity (Wildman–Crippen MR) is 87.8 cm³/mol. The van der Waals surface area contributed by atoms with Crippen LogP contribution in [0.4, 0.5) is 5.69 Å². The predicted octanol–water partition coefficient (Wildman–Crippen LogP) is 2.75. The summed E-state index contributed by atoms with van der Waals surface area (Å²) in [6.07, 6.45) is 4.24. The van der Waals surface area contributed by atoms with Crippen LogP contribution in [-0.4, -0.2) is 15.0 Å². The highest BCUT2D eigenvalue weighted by Crippen LogP contribution is 2.29. The maximum absolute atomic E-state index is 11.9. The lowest BCUT2D eigenvalue weighted by molar-refractivity contribution is 1.03. The molecular weight excluding hydrogens is 282 g/mol. The standard InChI is InChI=1S/C16H13N3OS/c20-16-12-7-15(21)19(14(12)5-6-17-16)9-10-8-18-13-4-2-1-3-11(10)13/h1-6,8,18H,7,9H2,(H,17,20). The Labute approximate surface area is 126 Å². The molecule has 0 saturated heterocycles. The smallest absolute Gasteiger partial charge is 0.253 e.